The van der Waals surface area contributed by atoms with Crippen molar-refractivity contribution in [3.8, 4) is 0 Å². The molecule has 0 radical (unpaired) electrons. The zero-order chi connectivity index (χ0) is 71.7. The quantitative estimate of drug-likeness (QED) is 0.0222. The van der Waals surface area contributed by atoms with E-state index in [0.29, 0.717) is 31.6 Å². The lowest BCUT2D eigenvalue weighted by Gasteiger charge is -2.21. The number of carbonyl (C=O) groups excluding carboxylic acids is 4. The second-order valence-corrected chi connectivity index (χ2v) is 32.4. The molecule has 0 aromatic heterocycles. The third kappa shape index (κ3) is 69.5. The highest BCUT2D eigenvalue weighted by molar-refractivity contribution is 7.47. The van der Waals surface area contributed by atoms with Crippen LogP contribution in [-0.2, 0) is 65.4 Å². The van der Waals surface area contributed by atoms with Crippen molar-refractivity contribution in [1.82, 2.24) is 0 Å². The molecular weight excluding hydrogens is 1270 g/mol. The first-order valence-electron chi connectivity index (χ1n) is 40.3. The Hall–Kier alpha value is -1.94. The highest BCUT2D eigenvalue weighted by Gasteiger charge is 2.30. The summed E-state index contributed by atoms with van der Waals surface area (Å²) < 4.78 is 68.5. The van der Waals surface area contributed by atoms with Crippen molar-refractivity contribution in [1.29, 1.82) is 0 Å². The van der Waals surface area contributed by atoms with Crippen LogP contribution in [0.25, 0.3) is 0 Å². The van der Waals surface area contributed by atoms with Crippen molar-refractivity contribution in [2.24, 2.45) is 23.7 Å². The number of unbranched alkanes of at least 4 members (excludes halogenated alkanes) is 39. The molecule has 0 bridgehead atoms. The van der Waals surface area contributed by atoms with E-state index in [0.717, 1.165) is 114 Å². The minimum Gasteiger partial charge on any atom is -0.462 e. The Balaban J connectivity index is 5.20. The van der Waals surface area contributed by atoms with Gasteiger partial charge in [0.25, 0.3) is 0 Å². The Morgan fingerprint density at radius 2 is 0.495 bits per heavy atom. The third-order valence-corrected chi connectivity index (χ3v) is 20.7. The predicted molar refractivity (Wildman–Crippen MR) is 395 cm³/mol. The maximum absolute atomic E-state index is 13.1. The maximum atomic E-state index is 13.1. The average molecular weight is 1420 g/mol. The van der Waals surface area contributed by atoms with E-state index >= 15 is 0 Å². The van der Waals surface area contributed by atoms with Crippen LogP contribution in [0.1, 0.15) is 396 Å². The molecular formula is C78H152O17P2. The SMILES string of the molecule is CCC(C)CCCCCCCCCCCCCCCCCCCCC(=O)O[C@H](COC(=O)CCCCCCCCCCCCC(C)C)COP(=O)(O)OCC(O)COP(=O)(O)OC[C@@H](COC(=O)CCCCCCCCCC(C)C)OC(=O)CCCCCCCCCCC(C)CC. The van der Waals surface area contributed by atoms with Gasteiger partial charge in [-0.1, -0.05) is 344 Å². The Labute approximate surface area is 594 Å². The molecule has 0 amide bonds. The molecule has 0 aromatic carbocycles. The standard InChI is InChI=1S/C78H152O17P2/c1-9-70(7)56-48-40-32-24-19-17-15-13-11-12-14-16-18-20-26-35-44-52-60-77(82)94-73(64-88-75(80)58-50-42-34-25-22-21-23-30-38-46-54-68(3)4)66-92-96(84,85)90-62-72(79)63-91-97(86,87)93-67-74(65-89-76(81)59-51-43-37-29-31-39-47-55-69(5)6)95-78(83)61-53-45-36-28-27-33-41-49-57-71(8)10-2/h68-74,79H,9-67H2,1-8H3,(H,84,85)(H,86,87)/t70?,71?,72?,73-,74-/m1/s1. The highest BCUT2D eigenvalue weighted by Crippen LogP contribution is 2.45. The van der Waals surface area contributed by atoms with Gasteiger partial charge in [-0.15, -0.1) is 0 Å². The molecule has 0 heterocycles. The normalized spacial score (nSPS) is 14.6. The Kier molecular flexibility index (Phi) is 65.9. The van der Waals surface area contributed by atoms with Crippen molar-refractivity contribution in [2.75, 3.05) is 39.6 Å². The molecule has 0 fully saturated rings. The molecule has 576 valence electrons. The zero-order valence-corrected chi connectivity index (χ0v) is 65.5. The van der Waals surface area contributed by atoms with Crippen molar-refractivity contribution in [3.63, 3.8) is 0 Å². The molecule has 17 nitrogen and oxygen atoms in total. The maximum Gasteiger partial charge on any atom is 0.472 e. The molecule has 0 spiro atoms. The minimum absolute atomic E-state index is 0.104. The lowest BCUT2D eigenvalue weighted by Crippen LogP contribution is -2.30. The number of hydrogen-bond acceptors (Lipinski definition) is 15. The second-order valence-electron chi connectivity index (χ2n) is 29.5. The van der Waals surface area contributed by atoms with E-state index in [9.17, 15) is 43.2 Å². The van der Waals surface area contributed by atoms with Gasteiger partial charge in [0.2, 0.25) is 0 Å². The molecule has 5 unspecified atom stereocenters. The van der Waals surface area contributed by atoms with Crippen LogP contribution in [0, 0.1) is 23.7 Å². The summed E-state index contributed by atoms with van der Waals surface area (Å²) in [5.74, 6) is 0.983. The molecule has 97 heavy (non-hydrogen) atoms. The van der Waals surface area contributed by atoms with E-state index in [2.05, 4.69) is 55.4 Å². The number of phosphoric acid groups is 2. The van der Waals surface area contributed by atoms with E-state index in [4.69, 9.17) is 37.0 Å². The fraction of sp³-hybridized carbons (Fsp3) is 0.949. The van der Waals surface area contributed by atoms with E-state index in [1.807, 2.05) is 0 Å². The molecule has 19 heteroatoms. The third-order valence-electron chi connectivity index (χ3n) is 18.8. The first-order valence-corrected chi connectivity index (χ1v) is 43.3. The molecule has 3 N–H and O–H groups in total. The monoisotopic (exact) mass is 1420 g/mol. The Morgan fingerprint density at radius 3 is 0.732 bits per heavy atom. The largest absolute Gasteiger partial charge is 0.472 e. The van der Waals surface area contributed by atoms with Gasteiger partial charge in [0, 0.05) is 25.7 Å². The number of aliphatic hydroxyl groups is 1. The van der Waals surface area contributed by atoms with Crippen LogP contribution in [0.4, 0.5) is 0 Å². The topological polar surface area (TPSA) is 237 Å². The molecule has 0 saturated carbocycles. The van der Waals surface area contributed by atoms with Crippen molar-refractivity contribution in [3.05, 3.63) is 0 Å². The van der Waals surface area contributed by atoms with Gasteiger partial charge in [-0.25, -0.2) is 9.13 Å². The summed E-state index contributed by atoms with van der Waals surface area (Å²) in [6.45, 7) is 14.2. The zero-order valence-electron chi connectivity index (χ0n) is 63.7. The molecule has 0 rings (SSSR count). The summed E-state index contributed by atoms with van der Waals surface area (Å²) in [5.41, 5.74) is 0. The van der Waals surface area contributed by atoms with Gasteiger partial charge in [-0.2, -0.15) is 0 Å². The Morgan fingerprint density at radius 1 is 0.289 bits per heavy atom. The number of ether oxygens (including phenoxy) is 4. The predicted octanol–water partition coefficient (Wildman–Crippen LogP) is 22.8. The smallest absolute Gasteiger partial charge is 0.462 e. The number of rotatable bonds is 75. The molecule has 0 aliphatic rings. The fourth-order valence-electron chi connectivity index (χ4n) is 11.8. The van der Waals surface area contributed by atoms with Crippen molar-refractivity contribution < 1.29 is 80.2 Å². The molecule has 0 aliphatic carbocycles. The van der Waals surface area contributed by atoms with E-state index in [1.165, 1.54) is 193 Å². The number of esters is 4. The van der Waals surface area contributed by atoms with Crippen LogP contribution in [0.2, 0.25) is 0 Å². The molecule has 0 saturated heterocycles. The van der Waals surface area contributed by atoms with E-state index < -0.39 is 97.5 Å². The summed E-state index contributed by atoms with van der Waals surface area (Å²) >= 11 is 0. The number of hydrogen-bond donors (Lipinski definition) is 3. The summed E-state index contributed by atoms with van der Waals surface area (Å²) in [4.78, 5) is 72.8. The van der Waals surface area contributed by atoms with Crippen molar-refractivity contribution in [2.45, 2.75) is 414 Å². The van der Waals surface area contributed by atoms with Gasteiger partial charge in [0.05, 0.1) is 26.4 Å². The van der Waals surface area contributed by atoms with Crippen LogP contribution in [0.3, 0.4) is 0 Å². The van der Waals surface area contributed by atoms with Crippen LogP contribution in [0.15, 0.2) is 0 Å². The highest BCUT2D eigenvalue weighted by atomic mass is 31.2. The van der Waals surface area contributed by atoms with Crippen LogP contribution >= 0.6 is 15.6 Å². The lowest BCUT2D eigenvalue weighted by molar-refractivity contribution is -0.161. The molecule has 0 aromatic rings. The van der Waals surface area contributed by atoms with Crippen LogP contribution in [-0.4, -0.2) is 96.7 Å². The number of aliphatic hydroxyl groups excluding tert-OH is 1. The number of carbonyl (C=O) groups is 4. The summed E-state index contributed by atoms with van der Waals surface area (Å²) in [5, 5.41) is 10.6. The number of phosphoric ester groups is 2. The first-order chi connectivity index (χ1) is 46.7. The van der Waals surface area contributed by atoms with Gasteiger partial charge in [0.15, 0.2) is 12.2 Å². The first kappa shape index (κ1) is 95.1. The summed E-state index contributed by atoms with van der Waals surface area (Å²) in [6.07, 6.45) is 52.8. The fourth-order valence-corrected chi connectivity index (χ4v) is 13.4. The summed E-state index contributed by atoms with van der Waals surface area (Å²) in [7, 11) is -9.92. The van der Waals surface area contributed by atoms with Crippen molar-refractivity contribution >= 4 is 39.5 Å². The van der Waals surface area contributed by atoms with Gasteiger partial charge >= 0.3 is 39.5 Å². The minimum atomic E-state index is -4.96. The van der Waals surface area contributed by atoms with E-state index in [-0.39, 0.29) is 25.7 Å². The van der Waals surface area contributed by atoms with Gasteiger partial charge in [0.1, 0.15) is 19.3 Å². The molecule has 7 atom stereocenters. The average Bonchev–Trinajstić information content (AvgIpc) is 1.26. The lowest BCUT2D eigenvalue weighted by atomic mass is 9.99. The second kappa shape index (κ2) is 67.2. The van der Waals surface area contributed by atoms with Gasteiger partial charge in [-0.05, 0) is 49.4 Å². The summed E-state index contributed by atoms with van der Waals surface area (Å²) in [6, 6.07) is 0. The van der Waals surface area contributed by atoms with Crippen LogP contribution in [0.5, 0.6) is 0 Å². The van der Waals surface area contributed by atoms with E-state index in [1.54, 1.807) is 0 Å². The van der Waals surface area contributed by atoms with Gasteiger partial charge in [-0.3, -0.25) is 37.3 Å². The Bertz CT molecular complexity index is 1910. The van der Waals surface area contributed by atoms with Crippen LogP contribution < -0.4 is 0 Å². The molecule has 0 aliphatic heterocycles. The van der Waals surface area contributed by atoms with Gasteiger partial charge < -0.3 is 33.8 Å².